The number of esters is 5. The van der Waals surface area contributed by atoms with E-state index < -0.39 is 59.3 Å². The van der Waals surface area contributed by atoms with E-state index in [1.54, 1.807) is 13.8 Å². The molecule has 4 unspecified atom stereocenters. The van der Waals surface area contributed by atoms with E-state index in [1.165, 1.54) is 6.92 Å². The Balaban J connectivity index is 2.05. The number of hydrogen-bond donors (Lipinski definition) is 0. The van der Waals surface area contributed by atoms with Crippen LogP contribution in [0.2, 0.25) is 0 Å². The second-order valence-electron chi connectivity index (χ2n) is 9.22. The van der Waals surface area contributed by atoms with Gasteiger partial charge in [0.15, 0.2) is 0 Å². The predicted molar refractivity (Wildman–Crippen MR) is 117 cm³/mol. The minimum Gasteiger partial charge on any atom is -0.463 e. The Morgan fingerprint density at radius 2 is 1.68 bits per heavy atom. The maximum atomic E-state index is 12.9. The second kappa shape index (κ2) is 12.0. The molecule has 1 heterocycles. The lowest BCUT2D eigenvalue weighted by Gasteiger charge is -2.34. The van der Waals surface area contributed by atoms with Crippen LogP contribution in [0.3, 0.4) is 0 Å². The van der Waals surface area contributed by atoms with E-state index in [-0.39, 0.29) is 44.7 Å². The number of ether oxygens (including phenoxy) is 5. The van der Waals surface area contributed by atoms with Crippen LogP contribution in [0.5, 0.6) is 0 Å². The molecule has 1 saturated heterocycles. The molecule has 0 spiro atoms. The van der Waals surface area contributed by atoms with Crippen LogP contribution in [0.15, 0.2) is 12.2 Å². The van der Waals surface area contributed by atoms with Gasteiger partial charge in [-0.15, -0.1) is 0 Å². The smallest absolute Gasteiger partial charge is 0.347 e. The molecule has 10 nitrogen and oxygen atoms in total. The van der Waals surface area contributed by atoms with Crippen LogP contribution in [0.1, 0.15) is 59.8 Å². The van der Waals surface area contributed by atoms with E-state index in [2.05, 4.69) is 6.58 Å². The Hall–Kier alpha value is -2.91. The van der Waals surface area contributed by atoms with Gasteiger partial charge in [0.05, 0.1) is 24.4 Å². The summed E-state index contributed by atoms with van der Waals surface area (Å²) < 4.78 is 25.9. The number of carbonyl (C=O) groups is 5. The van der Waals surface area contributed by atoms with E-state index in [0.717, 1.165) is 0 Å². The molecule has 0 amide bonds. The van der Waals surface area contributed by atoms with Gasteiger partial charge in [-0.25, -0.2) is 9.59 Å². The molecule has 1 aliphatic carbocycles. The zero-order valence-electron chi connectivity index (χ0n) is 20.3. The fourth-order valence-electron chi connectivity index (χ4n) is 3.67. The van der Waals surface area contributed by atoms with Crippen LogP contribution in [0.25, 0.3) is 0 Å². The summed E-state index contributed by atoms with van der Waals surface area (Å²) >= 11 is 0. The lowest BCUT2D eigenvalue weighted by molar-refractivity contribution is -0.175. The van der Waals surface area contributed by atoms with Gasteiger partial charge in [0.25, 0.3) is 0 Å². The average Bonchev–Trinajstić information content (AvgIpc) is 3.19. The summed E-state index contributed by atoms with van der Waals surface area (Å²) in [5.74, 6) is -5.56. The lowest BCUT2D eigenvalue weighted by atomic mass is 9.74. The topological polar surface area (TPSA) is 132 Å². The van der Waals surface area contributed by atoms with Crippen LogP contribution >= 0.6 is 0 Å². The van der Waals surface area contributed by atoms with Crippen molar-refractivity contribution in [2.75, 3.05) is 19.8 Å². The fourth-order valence-corrected chi connectivity index (χ4v) is 3.67. The summed E-state index contributed by atoms with van der Waals surface area (Å²) in [7, 11) is 0. The molecule has 34 heavy (non-hydrogen) atoms. The van der Waals surface area contributed by atoms with Crippen molar-refractivity contribution in [3.8, 4) is 0 Å². The van der Waals surface area contributed by atoms with Crippen molar-refractivity contribution in [2.45, 2.75) is 71.5 Å². The van der Waals surface area contributed by atoms with Gasteiger partial charge in [0.1, 0.15) is 18.8 Å². The average molecular weight is 483 g/mol. The predicted octanol–water partition coefficient (Wildman–Crippen LogP) is 2.27. The van der Waals surface area contributed by atoms with Gasteiger partial charge in [0, 0.05) is 12.0 Å². The highest BCUT2D eigenvalue weighted by Crippen LogP contribution is 2.37. The highest BCUT2D eigenvalue weighted by atomic mass is 16.6. The van der Waals surface area contributed by atoms with Gasteiger partial charge >= 0.3 is 29.8 Å². The lowest BCUT2D eigenvalue weighted by Crippen LogP contribution is -2.42. The van der Waals surface area contributed by atoms with Crippen LogP contribution in [0, 0.1) is 17.8 Å². The molecule has 2 fully saturated rings. The number of cyclic esters (lactones) is 1. The van der Waals surface area contributed by atoms with Gasteiger partial charge in [-0.05, 0) is 46.5 Å². The Morgan fingerprint density at radius 1 is 1.00 bits per heavy atom. The number of rotatable bonds is 10. The first-order chi connectivity index (χ1) is 15.9. The summed E-state index contributed by atoms with van der Waals surface area (Å²) in [6.07, 6.45) is 0.382. The third kappa shape index (κ3) is 7.56. The molecule has 1 aliphatic heterocycles. The molecule has 10 heteroatoms. The minimum atomic E-state index is -1.03. The van der Waals surface area contributed by atoms with Gasteiger partial charge in [-0.2, -0.15) is 0 Å². The van der Waals surface area contributed by atoms with Crippen LogP contribution in [0.4, 0.5) is 0 Å². The molecular weight excluding hydrogens is 448 g/mol. The standard InChI is InChI=1S/C24H34O10/c1-6-24(4,5)34-20(26)15-7-8-16(21(27)32-12-11-31-19(25)14(2)3)17(13-15)22(28)33-18-9-10-30-23(18)29/h15-18H,2,6-13H2,1,3-5H3. The van der Waals surface area contributed by atoms with Crippen molar-refractivity contribution in [2.24, 2.45) is 17.8 Å². The molecule has 0 bridgehead atoms. The first-order valence-electron chi connectivity index (χ1n) is 11.5. The van der Waals surface area contributed by atoms with Crippen molar-refractivity contribution in [1.29, 1.82) is 0 Å². The molecule has 4 atom stereocenters. The van der Waals surface area contributed by atoms with Gasteiger partial charge < -0.3 is 23.7 Å². The third-order valence-electron chi connectivity index (χ3n) is 6.07. The first-order valence-corrected chi connectivity index (χ1v) is 11.5. The molecule has 2 aliphatic rings. The maximum Gasteiger partial charge on any atom is 0.347 e. The minimum absolute atomic E-state index is 0.0314. The SMILES string of the molecule is C=C(C)C(=O)OCCOC(=O)C1CCC(C(=O)OC(C)(C)CC)CC1C(=O)OC1CCOC1=O. The number of carbonyl (C=O) groups excluding carboxylic acids is 5. The Labute approximate surface area is 199 Å². The maximum absolute atomic E-state index is 12.9. The number of hydrogen-bond acceptors (Lipinski definition) is 10. The summed E-state index contributed by atoms with van der Waals surface area (Å²) in [5.41, 5.74) is -0.437. The Morgan fingerprint density at radius 3 is 2.26 bits per heavy atom. The first kappa shape index (κ1) is 27.3. The summed E-state index contributed by atoms with van der Waals surface area (Å²) in [5, 5.41) is 0. The van der Waals surface area contributed by atoms with Crippen molar-refractivity contribution in [1.82, 2.24) is 0 Å². The molecule has 0 aromatic carbocycles. The van der Waals surface area contributed by atoms with E-state index in [4.69, 9.17) is 23.7 Å². The molecule has 0 radical (unpaired) electrons. The molecule has 0 aromatic heterocycles. The van der Waals surface area contributed by atoms with Gasteiger partial charge in [0.2, 0.25) is 6.10 Å². The molecule has 0 aromatic rings. The molecule has 0 N–H and O–H groups in total. The van der Waals surface area contributed by atoms with Crippen molar-refractivity contribution in [3.05, 3.63) is 12.2 Å². The largest absolute Gasteiger partial charge is 0.463 e. The van der Waals surface area contributed by atoms with E-state index >= 15 is 0 Å². The Bertz CT molecular complexity index is 815. The highest BCUT2D eigenvalue weighted by molar-refractivity contribution is 5.87. The molecule has 1 saturated carbocycles. The van der Waals surface area contributed by atoms with Crippen molar-refractivity contribution in [3.63, 3.8) is 0 Å². The van der Waals surface area contributed by atoms with Crippen molar-refractivity contribution < 1.29 is 47.7 Å². The monoisotopic (exact) mass is 482 g/mol. The van der Waals surface area contributed by atoms with Crippen molar-refractivity contribution >= 4 is 29.8 Å². The summed E-state index contributed by atoms with van der Waals surface area (Å²) in [6, 6.07) is 0. The summed E-state index contributed by atoms with van der Waals surface area (Å²) in [6.45, 7) is 10.2. The quantitative estimate of drug-likeness (QED) is 0.198. The van der Waals surface area contributed by atoms with Gasteiger partial charge in [-0.3, -0.25) is 14.4 Å². The zero-order chi connectivity index (χ0) is 25.5. The molecular formula is C24H34O10. The summed E-state index contributed by atoms with van der Waals surface area (Å²) in [4.78, 5) is 61.6. The Kier molecular flexibility index (Phi) is 9.64. The second-order valence-corrected chi connectivity index (χ2v) is 9.22. The van der Waals surface area contributed by atoms with Crippen LogP contribution < -0.4 is 0 Å². The highest BCUT2D eigenvalue weighted by Gasteiger charge is 2.45. The van der Waals surface area contributed by atoms with E-state index in [1.807, 2.05) is 6.92 Å². The molecule has 2 rings (SSSR count). The van der Waals surface area contributed by atoms with Gasteiger partial charge in [-0.1, -0.05) is 13.5 Å². The molecule has 190 valence electrons. The van der Waals surface area contributed by atoms with Crippen LogP contribution in [-0.4, -0.2) is 61.4 Å². The normalized spacial score (nSPS) is 24.5. The third-order valence-corrected chi connectivity index (χ3v) is 6.07. The van der Waals surface area contributed by atoms with Crippen LogP contribution in [-0.2, 0) is 47.7 Å². The van der Waals surface area contributed by atoms with E-state index in [9.17, 15) is 24.0 Å². The zero-order valence-corrected chi connectivity index (χ0v) is 20.3. The van der Waals surface area contributed by atoms with E-state index in [0.29, 0.717) is 12.8 Å². The fraction of sp³-hybridized carbons (Fsp3) is 0.708.